The van der Waals surface area contributed by atoms with Gasteiger partial charge < -0.3 is 4.90 Å². The van der Waals surface area contributed by atoms with Crippen molar-refractivity contribution in [3.05, 3.63) is 89.0 Å². The highest BCUT2D eigenvalue weighted by molar-refractivity contribution is 6.12. The standard InChI is InChI=1S/C41H49N3/c1-3-4-5-6-7-8-9-10-11-12-13-14-15-18-30-44(2)35-28-25-33(26-29-35)24-27-34-20-19-23-38-39(31-42)36-21-16-17-22-37(36)40(32-43)41(34)38/h16-17,19-29H,3-15,18,30H2,1-2H3. The third kappa shape index (κ3) is 8.97. The van der Waals surface area contributed by atoms with E-state index in [0.29, 0.717) is 11.1 Å². The van der Waals surface area contributed by atoms with Gasteiger partial charge in [0.25, 0.3) is 0 Å². The van der Waals surface area contributed by atoms with Crippen molar-refractivity contribution in [1.82, 2.24) is 0 Å². The van der Waals surface area contributed by atoms with Gasteiger partial charge in [0.15, 0.2) is 0 Å². The minimum atomic E-state index is 0.621. The fourth-order valence-electron chi connectivity index (χ4n) is 6.33. The van der Waals surface area contributed by atoms with E-state index in [9.17, 15) is 10.5 Å². The smallest absolute Gasteiger partial charge is 0.100 e. The molecule has 0 heterocycles. The second-order valence-electron chi connectivity index (χ2n) is 12.2. The minimum Gasteiger partial charge on any atom is -0.375 e. The lowest BCUT2D eigenvalue weighted by Crippen LogP contribution is -2.18. The highest BCUT2D eigenvalue weighted by Gasteiger charge is 2.15. The van der Waals surface area contributed by atoms with E-state index in [1.165, 1.54) is 95.6 Å². The average molecular weight is 584 g/mol. The van der Waals surface area contributed by atoms with Crippen molar-refractivity contribution >= 4 is 39.4 Å². The molecule has 0 aliphatic carbocycles. The van der Waals surface area contributed by atoms with Crippen LogP contribution in [0.4, 0.5) is 5.69 Å². The van der Waals surface area contributed by atoms with E-state index in [4.69, 9.17) is 0 Å². The average Bonchev–Trinajstić information content (AvgIpc) is 3.06. The van der Waals surface area contributed by atoms with Gasteiger partial charge in [-0.2, -0.15) is 10.5 Å². The molecule has 0 saturated carbocycles. The summed E-state index contributed by atoms with van der Waals surface area (Å²) in [5, 5.41) is 23.4. The number of hydrogen-bond donors (Lipinski definition) is 0. The number of hydrogen-bond acceptors (Lipinski definition) is 3. The summed E-state index contributed by atoms with van der Waals surface area (Å²) < 4.78 is 0. The summed E-state index contributed by atoms with van der Waals surface area (Å²) in [5.41, 5.74) is 4.53. The van der Waals surface area contributed by atoms with Crippen LogP contribution in [0.25, 0.3) is 33.7 Å². The summed E-state index contributed by atoms with van der Waals surface area (Å²) in [6.07, 6.45) is 23.6. The Bertz CT molecular complexity index is 1580. The van der Waals surface area contributed by atoms with Crippen molar-refractivity contribution in [3.63, 3.8) is 0 Å². The second kappa shape index (κ2) is 17.9. The minimum absolute atomic E-state index is 0.621. The van der Waals surface area contributed by atoms with Gasteiger partial charge in [-0.1, -0.05) is 157 Å². The van der Waals surface area contributed by atoms with Gasteiger partial charge in [-0.3, -0.25) is 0 Å². The fraction of sp³-hybridized carbons (Fsp3) is 0.415. The van der Waals surface area contributed by atoms with Gasteiger partial charge in [-0.15, -0.1) is 0 Å². The highest BCUT2D eigenvalue weighted by Crippen LogP contribution is 2.35. The van der Waals surface area contributed by atoms with E-state index in [1.807, 2.05) is 42.5 Å². The van der Waals surface area contributed by atoms with Crippen LogP contribution in [0.2, 0.25) is 0 Å². The molecule has 228 valence electrons. The molecule has 0 aromatic heterocycles. The lowest BCUT2D eigenvalue weighted by Gasteiger charge is -2.19. The van der Waals surface area contributed by atoms with Gasteiger partial charge in [-0.25, -0.2) is 0 Å². The summed E-state index contributed by atoms with van der Waals surface area (Å²) >= 11 is 0. The molecule has 0 N–H and O–H groups in total. The molecule has 0 amide bonds. The van der Waals surface area contributed by atoms with E-state index >= 15 is 0 Å². The van der Waals surface area contributed by atoms with Crippen molar-refractivity contribution in [2.45, 2.75) is 96.8 Å². The SMILES string of the molecule is CCCCCCCCCCCCCCCCN(C)c1ccc(C=Cc2cccc3c(C#N)c4ccccc4c(C#N)c23)cc1. The predicted molar refractivity (Wildman–Crippen MR) is 190 cm³/mol. The number of benzene rings is 4. The number of nitrogens with zero attached hydrogens (tertiary/aromatic N) is 3. The molecule has 0 fully saturated rings. The van der Waals surface area contributed by atoms with Crippen LogP contribution in [0.5, 0.6) is 0 Å². The molecule has 0 unspecified atom stereocenters. The Hall–Kier alpha value is -4.08. The molecular formula is C41H49N3. The van der Waals surface area contributed by atoms with Crippen LogP contribution in [0.15, 0.2) is 66.7 Å². The third-order valence-corrected chi connectivity index (χ3v) is 8.94. The zero-order valence-electron chi connectivity index (χ0n) is 27.0. The van der Waals surface area contributed by atoms with Crippen molar-refractivity contribution in [3.8, 4) is 12.1 Å². The van der Waals surface area contributed by atoms with Crippen LogP contribution in [0, 0.1) is 22.7 Å². The predicted octanol–water partition coefficient (Wildman–Crippen LogP) is 11.8. The molecule has 4 rings (SSSR count). The second-order valence-corrected chi connectivity index (χ2v) is 12.2. The van der Waals surface area contributed by atoms with E-state index < -0.39 is 0 Å². The Labute approximate surface area is 265 Å². The molecule has 3 heteroatoms. The quantitative estimate of drug-likeness (QED) is 0.0665. The zero-order chi connectivity index (χ0) is 31.0. The van der Waals surface area contributed by atoms with Gasteiger partial charge in [0.05, 0.1) is 11.1 Å². The molecule has 3 nitrogen and oxygen atoms in total. The van der Waals surface area contributed by atoms with Gasteiger partial charge in [-0.05, 0) is 29.7 Å². The first-order valence-electron chi connectivity index (χ1n) is 16.9. The first-order chi connectivity index (χ1) is 21.7. The Kier molecular flexibility index (Phi) is 13.4. The maximum atomic E-state index is 10.1. The lowest BCUT2D eigenvalue weighted by molar-refractivity contribution is 0.535. The molecule has 4 aromatic rings. The molecule has 0 bridgehead atoms. The molecule has 4 aromatic carbocycles. The molecule has 0 spiro atoms. The topological polar surface area (TPSA) is 50.8 Å². The van der Waals surface area contributed by atoms with Crippen LogP contribution < -0.4 is 4.90 Å². The monoisotopic (exact) mass is 583 g/mol. The zero-order valence-corrected chi connectivity index (χ0v) is 27.0. The van der Waals surface area contributed by atoms with Crippen LogP contribution in [-0.2, 0) is 0 Å². The summed E-state index contributed by atoms with van der Waals surface area (Å²) in [7, 11) is 2.18. The molecule has 44 heavy (non-hydrogen) atoms. The molecule has 0 aliphatic rings. The number of nitriles is 2. The number of fused-ring (bicyclic) bond motifs is 2. The van der Waals surface area contributed by atoms with Crippen LogP contribution in [-0.4, -0.2) is 13.6 Å². The first kappa shape index (κ1) is 32.8. The van der Waals surface area contributed by atoms with Crippen LogP contribution in [0.3, 0.4) is 0 Å². The van der Waals surface area contributed by atoms with Crippen molar-refractivity contribution in [2.75, 3.05) is 18.5 Å². The van der Waals surface area contributed by atoms with Gasteiger partial charge in [0.2, 0.25) is 0 Å². The Morgan fingerprint density at radius 3 is 1.66 bits per heavy atom. The van der Waals surface area contributed by atoms with E-state index in [0.717, 1.165) is 39.2 Å². The fourth-order valence-corrected chi connectivity index (χ4v) is 6.33. The first-order valence-corrected chi connectivity index (χ1v) is 16.9. The Morgan fingerprint density at radius 1 is 0.568 bits per heavy atom. The lowest BCUT2D eigenvalue weighted by atomic mass is 9.90. The van der Waals surface area contributed by atoms with Crippen LogP contribution >= 0.6 is 0 Å². The van der Waals surface area contributed by atoms with E-state index in [2.05, 4.69) is 67.4 Å². The largest absolute Gasteiger partial charge is 0.375 e. The van der Waals surface area contributed by atoms with Gasteiger partial charge in [0.1, 0.15) is 12.1 Å². The number of anilines is 1. The van der Waals surface area contributed by atoms with Crippen molar-refractivity contribution in [2.24, 2.45) is 0 Å². The summed E-state index contributed by atoms with van der Waals surface area (Å²) in [5.74, 6) is 0. The molecule has 0 radical (unpaired) electrons. The number of unbranched alkanes of at least 4 members (excludes halogenated alkanes) is 13. The van der Waals surface area contributed by atoms with Crippen molar-refractivity contribution < 1.29 is 0 Å². The normalized spacial score (nSPS) is 11.3. The molecule has 0 aliphatic heterocycles. The molecule has 0 saturated heterocycles. The summed E-state index contributed by atoms with van der Waals surface area (Å²) in [6.45, 7) is 3.36. The van der Waals surface area contributed by atoms with Gasteiger partial charge in [0, 0.05) is 40.8 Å². The summed E-state index contributed by atoms with van der Waals surface area (Å²) in [4.78, 5) is 2.35. The Balaban J connectivity index is 1.24. The third-order valence-electron chi connectivity index (χ3n) is 8.94. The molecular weight excluding hydrogens is 534 g/mol. The number of rotatable bonds is 18. The summed E-state index contributed by atoms with van der Waals surface area (Å²) in [6, 6.07) is 27.1. The van der Waals surface area contributed by atoms with E-state index in [1.54, 1.807) is 0 Å². The van der Waals surface area contributed by atoms with E-state index in [-0.39, 0.29) is 0 Å². The van der Waals surface area contributed by atoms with Crippen LogP contribution in [0.1, 0.15) is 119 Å². The van der Waals surface area contributed by atoms with Crippen molar-refractivity contribution in [1.29, 1.82) is 10.5 Å². The Morgan fingerprint density at radius 2 is 1.09 bits per heavy atom. The molecule has 0 atom stereocenters. The highest BCUT2D eigenvalue weighted by atomic mass is 15.1. The maximum Gasteiger partial charge on any atom is 0.100 e. The van der Waals surface area contributed by atoms with Gasteiger partial charge >= 0.3 is 0 Å². The maximum absolute atomic E-state index is 10.1.